The molecule has 0 saturated carbocycles. The second kappa shape index (κ2) is 10.6. The molecule has 2 N–H and O–H groups in total. The fraction of sp³-hybridized carbons (Fsp3) is 0.600. The number of likely N-dealkylation sites (tertiary alicyclic amines) is 1. The number of carbonyl (C=O) groups is 1. The van der Waals surface area contributed by atoms with Gasteiger partial charge in [0.2, 0.25) is 5.91 Å². The second-order valence-electron chi connectivity index (χ2n) is 7.03. The molecule has 0 aliphatic carbocycles. The number of hydrogen-bond donors (Lipinski definition) is 2. The number of aliphatic imine (C=N–C) groups is 1. The van der Waals surface area contributed by atoms with Gasteiger partial charge >= 0.3 is 0 Å². The zero-order valence-electron chi connectivity index (χ0n) is 16.7. The highest BCUT2D eigenvalue weighted by molar-refractivity contribution is 5.79. The average Bonchev–Trinajstić information content (AvgIpc) is 3.00. The molecule has 8 nitrogen and oxygen atoms in total. The molecule has 0 aromatic carbocycles. The molecule has 2 aromatic rings. The fourth-order valence-electron chi connectivity index (χ4n) is 3.42. The van der Waals surface area contributed by atoms with Crippen LogP contribution < -0.4 is 10.6 Å². The van der Waals surface area contributed by atoms with Crippen LogP contribution in [0.15, 0.2) is 29.4 Å². The van der Waals surface area contributed by atoms with Gasteiger partial charge in [0.1, 0.15) is 5.82 Å². The molecule has 0 radical (unpaired) electrons. The van der Waals surface area contributed by atoms with Crippen LogP contribution in [0, 0.1) is 0 Å². The molecular formula is C20H31N7O. The summed E-state index contributed by atoms with van der Waals surface area (Å²) in [6.07, 6.45) is 7.64. The number of carbonyl (C=O) groups excluding carboxylic acids is 1. The van der Waals surface area contributed by atoms with Crippen LogP contribution in [0.4, 0.5) is 0 Å². The molecule has 1 amide bonds. The SMILES string of the molecule is CCNC(=NCCCN1CCCCCC1=O)NCCc1nnc2ccccn12. The second-order valence-corrected chi connectivity index (χ2v) is 7.03. The van der Waals surface area contributed by atoms with Gasteiger partial charge in [-0.1, -0.05) is 12.5 Å². The Morgan fingerprint density at radius 3 is 3.04 bits per heavy atom. The van der Waals surface area contributed by atoms with Crippen molar-refractivity contribution < 1.29 is 4.79 Å². The molecule has 28 heavy (non-hydrogen) atoms. The van der Waals surface area contributed by atoms with E-state index in [0.29, 0.717) is 18.9 Å². The van der Waals surface area contributed by atoms with Gasteiger partial charge in [0, 0.05) is 51.8 Å². The lowest BCUT2D eigenvalue weighted by Crippen LogP contribution is -2.38. The summed E-state index contributed by atoms with van der Waals surface area (Å²) >= 11 is 0. The van der Waals surface area contributed by atoms with Gasteiger partial charge in [-0.15, -0.1) is 10.2 Å². The number of amides is 1. The van der Waals surface area contributed by atoms with E-state index in [1.54, 1.807) is 0 Å². The molecule has 0 atom stereocenters. The number of fused-ring (bicyclic) bond motifs is 1. The highest BCUT2D eigenvalue weighted by Crippen LogP contribution is 2.11. The van der Waals surface area contributed by atoms with E-state index < -0.39 is 0 Å². The van der Waals surface area contributed by atoms with E-state index in [2.05, 4.69) is 32.7 Å². The van der Waals surface area contributed by atoms with Crippen LogP contribution in [0.3, 0.4) is 0 Å². The zero-order chi connectivity index (χ0) is 19.6. The summed E-state index contributed by atoms with van der Waals surface area (Å²) in [6.45, 7) is 5.99. The average molecular weight is 386 g/mol. The van der Waals surface area contributed by atoms with Crippen molar-refractivity contribution in [2.75, 3.05) is 32.7 Å². The number of guanidine groups is 1. The van der Waals surface area contributed by atoms with Gasteiger partial charge in [-0.3, -0.25) is 14.2 Å². The lowest BCUT2D eigenvalue weighted by molar-refractivity contribution is -0.130. The molecule has 0 bridgehead atoms. The van der Waals surface area contributed by atoms with Crippen molar-refractivity contribution in [2.24, 2.45) is 4.99 Å². The minimum atomic E-state index is 0.298. The summed E-state index contributed by atoms with van der Waals surface area (Å²) in [4.78, 5) is 18.7. The van der Waals surface area contributed by atoms with Crippen LogP contribution >= 0.6 is 0 Å². The van der Waals surface area contributed by atoms with E-state index in [-0.39, 0.29) is 0 Å². The molecule has 1 aliphatic heterocycles. The van der Waals surface area contributed by atoms with Crippen molar-refractivity contribution in [3.05, 3.63) is 30.2 Å². The largest absolute Gasteiger partial charge is 0.357 e. The number of aromatic nitrogens is 3. The summed E-state index contributed by atoms with van der Waals surface area (Å²) in [5.74, 6) is 2.03. The topological polar surface area (TPSA) is 86.9 Å². The first-order valence-electron chi connectivity index (χ1n) is 10.4. The Bertz CT molecular complexity index is 786. The van der Waals surface area contributed by atoms with Crippen molar-refractivity contribution in [2.45, 2.75) is 45.4 Å². The quantitative estimate of drug-likeness (QED) is 0.410. The van der Waals surface area contributed by atoms with Gasteiger partial charge in [-0.2, -0.15) is 0 Å². The van der Waals surface area contributed by atoms with Crippen molar-refractivity contribution in [3.8, 4) is 0 Å². The number of nitrogens with zero attached hydrogens (tertiary/aromatic N) is 5. The summed E-state index contributed by atoms with van der Waals surface area (Å²) in [5, 5.41) is 15.1. The molecule has 3 heterocycles. The third-order valence-electron chi connectivity index (χ3n) is 4.90. The Kier molecular flexibility index (Phi) is 7.63. The molecule has 0 spiro atoms. The van der Waals surface area contributed by atoms with E-state index >= 15 is 0 Å². The Hall–Kier alpha value is -2.64. The van der Waals surface area contributed by atoms with Gasteiger partial charge < -0.3 is 15.5 Å². The van der Waals surface area contributed by atoms with Crippen LogP contribution in [-0.4, -0.2) is 64.1 Å². The van der Waals surface area contributed by atoms with Crippen LogP contribution in [0.2, 0.25) is 0 Å². The lowest BCUT2D eigenvalue weighted by Gasteiger charge is -2.20. The van der Waals surface area contributed by atoms with Crippen molar-refractivity contribution >= 4 is 17.5 Å². The summed E-state index contributed by atoms with van der Waals surface area (Å²) in [5.41, 5.74) is 0.862. The third-order valence-corrected chi connectivity index (χ3v) is 4.90. The van der Waals surface area contributed by atoms with E-state index in [9.17, 15) is 4.79 Å². The number of nitrogens with one attached hydrogen (secondary N) is 2. The highest BCUT2D eigenvalue weighted by Gasteiger charge is 2.15. The van der Waals surface area contributed by atoms with Crippen LogP contribution in [0.1, 0.15) is 44.9 Å². The van der Waals surface area contributed by atoms with Gasteiger partial charge in [-0.05, 0) is 38.3 Å². The summed E-state index contributed by atoms with van der Waals surface area (Å²) in [7, 11) is 0. The fourth-order valence-corrected chi connectivity index (χ4v) is 3.42. The number of hydrogen-bond acceptors (Lipinski definition) is 4. The Labute approximate surface area is 166 Å². The maximum atomic E-state index is 12.0. The van der Waals surface area contributed by atoms with Gasteiger partial charge in [0.15, 0.2) is 11.6 Å². The number of rotatable bonds is 8. The van der Waals surface area contributed by atoms with E-state index in [1.165, 1.54) is 0 Å². The maximum Gasteiger partial charge on any atom is 0.222 e. The minimum absolute atomic E-state index is 0.298. The van der Waals surface area contributed by atoms with Crippen molar-refractivity contribution in [3.63, 3.8) is 0 Å². The van der Waals surface area contributed by atoms with Crippen LogP contribution in [0.25, 0.3) is 5.65 Å². The molecule has 1 saturated heterocycles. The predicted octanol–water partition coefficient (Wildman–Crippen LogP) is 1.62. The van der Waals surface area contributed by atoms with Crippen molar-refractivity contribution in [1.82, 2.24) is 30.1 Å². The predicted molar refractivity (Wildman–Crippen MR) is 110 cm³/mol. The third kappa shape index (κ3) is 5.68. The molecule has 2 aromatic heterocycles. The van der Waals surface area contributed by atoms with Crippen LogP contribution in [0.5, 0.6) is 0 Å². The van der Waals surface area contributed by atoms with E-state index in [1.807, 2.05) is 33.7 Å². The zero-order valence-corrected chi connectivity index (χ0v) is 16.7. The normalized spacial score (nSPS) is 15.7. The lowest BCUT2D eigenvalue weighted by atomic mass is 10.2. The van der Waals surface area contributed by atoms with Crippen molar-refractivity contribution in [1.29, 1.82) is 0 Å². The van der Waals surface area contributed by atoms with E-state index in [0.717, 1.165) is 75.7 Å². The first-order chi connectivity index (χ1) is 13.8. The smallest absolute Gasteiger partial charge is 0.222 e. The molecule has 0 unspecified atom stereocenters. The van der Waals surface area contributed by atoms with E-state index in [4.69, 9.17) is 0 Å². The number of pyridine rings is 1. The van der Waals surface area contributed by atoms with Crippen LogP contribution in [-0.2, 0) is 11.2 Å². The first kappa shape index (κ1) is 20.1. The molecule has 1 aliphatic rings. The monoisotopic (exact) mass is 385 g/mol. The molecular weight excluding hydrogens is 354 g/mol. The minimum Gasteiger partial charge on any atom is -0.357 e. The highest BCUT2D eigenvalue weighted by atomic mass is 16.2. The maximum absolute atomic E-state index is 12.0. The Morgan fingerprint density at radius 2 is 2.14 bits per heavy atom. The molecule has 1 fully saturated rings. The molecule has 8 heteroatoms. The molecule has 3 rings (SSSR count). The summed E-state index contributed by atoms with van der Waals surface area (Å²) in [6, 6.07) is 5.89. The first-order valence-corrected chi connectivity index (χ1v) is 10.4. The Balaban J connectivity index is 1.44. The Morgan fingerprint density at radius 1 is 1.21 bits per heavy atom. The van der Waals surface area contributed by atoms with Gasteiger partial charge in [-0.25, -0.2) is 0 Å². The summed E-state index contributed by atoms with van der Waals surface area (Å²) < 4.78 is 2.00. The standard InChI is InChI=1S/C20H31N7O/c1-2-21-20(22-12-8-15-26-14-6-3-4-10-19(26)28)23-13-11-18-25-24-17-9-5-7-16-27(17)18/h5,7,9,16H,2-4,6,8,10-15H2,1H3,(H2,21,22,23). The van der Waals surface area contributed by atoms with Gasteiger partial charge in [0.25, 0.3) is 0 Å². The molecule has 152 valence electrons. The van der Waals surface area contributed by atoms with Gasteiger partial charge in [0.05, 0.1) is 0 Å².